The molecule has 2 aromatic carbocycles. The molecule has 0 aliphatic heterocycles. The van der Waals surface area contributed by atoms with Gasteiger partial charge in [0, 0.05) is 34.2 Å². The van der Waals surface area contributed by atoms with Crippen LogP contribution in [0.25, 0.3) is 11.0 Å². The summed E-state index contributed by atoms with van der Waals surface area (Å²) >= 11 is 6.12. The highest BCUT2D eigenvalue weighted by Gasteiger charge is 2.12. The molecule has 3 rings (SSSR count). The van der Waals surface area contributed by atoms with Crippen molar-refractivity contribution in [2.24, 2.45) is 0 Å². The third kappa shape index (κ3) is 4.47. The predicted molar refractivity (Wildman–Crippen MR) is 101 cm³/mol. The highest BCUT2D eigenvalue weighted by molar-refractivity contribution is 6.32. The van der Waals surface area contributed by atoms with Crippen LogP contribution in [0.4, 0.5) is 5.69 Å². The van der Waals surface area contributed by atoms with Crippen LogP contribution in [0.15, 0.2) is 51.7 Å². The maximum Gasteiger partial charge on any atom is 0.344 e. The van der Waals surface area contributed by atoms with Crippen molar-refractivity contribution in [1.29, 1.82) is 0 Å². The molecule has 0 saturated heterocycles. The van der Waals surface area contributed by atoms with Gasteiger partial charge in [-0.2, -0.15) is 0 Å². The smallest absolute Gasteiger partial charge is 0.344 e. The number of non-ortho nitro benzene ring substituents is 1. The van der Waals surface area contributed by atoms with E-state index in [4.69, 9.17) is 25.5 Å². The zero-order chi connectivity index (χ0) is 20.3. The van der Waals surface area contributed by atoms with E-state index >= 15 is 0 Å². The minimum atomic E-state index is -0.669. The number of nitrogens with zero attached hydrogens (tertiary/aromatic N) is 1. The molecule has 0 aliphatic rings. The van der Waals surface area contributed by atoms with Crippen LogP contribution in [-0.2, 0) is 16.1 Å². The standard InChI is InChI=1S/C19H14ClNO7/c1-11-6-17-15(8-16(11)20)12(7-18(22)28-17)9-27-19(23)10-26-14-4-2-13(3-5-14)21(24)25/h2-8H,9-10H2,1H3. The van der Waals surface area contributed by atoms with Crippen molar-refractivity contribution < 1.29 is 23.6 Å². The Balaban J connectivity index is 1.65. The molecule has 144 valence electrons. The van der Waals surface area contributed by atoms with E-state index in [0.29, 0.717) is 21.6 Å². The number of nitro benzene ring substituents is 1. The van der Waals surface area contributed by atoms with E-state index in [-0.39, 0.29) is 18.0 Å². The van der Waals surface area contributed by atoms with Gasteiger partial charge in [-0.25, -0.2) is 9.59 Å². The van der Waals surface area contributed by atoms with E-state index in [2.05, 4.69) is 0 Å². The molecule has 1 aromatic heterocycles. The van der Waals surface area contributed by atoms with Gasteiger partial charge in [-0.05, 0) is 36.8 Å². The molecule has 0 bridgehead atoms. The molecule has 0 N–H and O–H groups in total. The van der Waals surface area contributed by atoms with Crippen LogP contribution in [0.3, 0.4) is 0 Å². The van der Waals surface area contributed by atoms with E-state index in [1.807, 2.05) is 0 Å². The zero-order valence-electron chi connectivity index (χ0n) is 14.6. The highest BCUT2D eigenvalue weighted by Crippen LogP contribution is 2.25. The zero-order valence-corrected chi connectivity index (χ0v) is 15.4. The fourth-order valence-electron chi connectivity index (χ4n) is 2.47. The number of esters is 1. The number of benzene rings is 2. The van der Waals surface area contributed by atoms with Crippen molar-refractivity contribution in [3.63, 3.8) is 0 Å². The van der Waals surface area contributed by atoms with Crippen LogP contribution in [0, 0.1) is 17.0 Å². The van der Waals surface area contributed by atoms with Gasteiger partial charge in [0.05, 0.1) is 4.92 Å². The molecular weight excluding hydrogens is 390 g/mol. The Kier molecular flexibility index (Phi) is 5.60. The highest BCUT2D eigenvalue weighted by atomic mass is 35.5. The number of carbonyl (C=O) groups is 1. The van der Waals surface area contributed by atoms with Crippen molar-refractivity contribution in [3.8, 4) is 5.75 Å². The summed E-state index contributed by atoms with van der Waals surface area (Å²) < 4.78 is 15.5. The van der Waals surface area contributed by atoms with Gasteiger partial charge in [0.2, 0.25) is 0 Å². The first-order valence-corrected chi connectivity index (χ1v) is 8.47. The molecule has 0 radical (unpaired) electrons. The number of hydrogen-bond donors (Lipinski definition) is 0. The number of fused-ring (bicyclic) bond motifs is 1. The average Bonchev–Trinajstić information content (AvgIpc) is 2.66. The second kappa shape index (κ2) is 8.10. The number of nitro groups is 1. The first-order chi connectivity index (χ1) is 13.3. The van der Waals surface area contributed by atoms with Crippen LogP contribution in [0.5, 0.6) is 5.75 Å². The molecule has 0 atom stereocenters. The van der Waals surface area contributed by atoms with E-state index in [9.17, 15) is 19.7 Å². The minimum absolute atomic E-state index is 0.0846. The predicted octanol–water partition coefficient (Wildman–Crippen LogP) is 3.79. The number of aryl methyl sites for hydroxylation is 1. The number of halogens is 1. The van der Waals surface area contributed by atoms with Gasteiger partial charge in [-0.1, -0.05) is 11.6 Å². The van der Waals surface area contributed by atoms with E-state index < -0.39 is 23.1 Å². The maximum atomic E-state index is 11.9. The fraction of sp³-hybridized carbons (Fsp3) is 0.158. The Labute approximate surface area is 163 Å². The Morgan fingerprint density at radius 2 is 1.93 bits per heavy atom. The Hall–Kier alpha value is -3.39. The first-order valence-electron chi connectivity index (χ1n) is 8.09. The fourth-order valence-corrected chi connectivity index (χ4v) is 2.64. The molecule has 28 heavy (non-hydrogen) atoms. The number of hydrogen-bond acceptors (Lipinski definition) is 7. The molecule has 0 saturated carbocycles. The summed E-state index contributed by atoms with van der Waals surface area (Å²) in [6.07, 6.45) is 0. The van der Waals surface area contributed by atoms with Crippen LogP contribution < -0.4 is 10.4 Å². The molecule has 3 aromatic rings. The van der Waals surface area contributed by atoms with E-state index in [1.165, 1.54) is 30.3 Å². The average molecular weight is 404 g/mol. The summed E-state index contributed by atoms with van der Waals surface area (Å²) in [5.41, 5.74) is 0.906. The van der Waals surface area contributed by atoms with Crippen molar-refractivity contribution in [3.05, 3.63) is 79.1 Å². The molecule has 0 spiro atoms. The van der Waals surface area contributed by atoms with Gasteiger partial charge in [0.15, 0.2) is 6.61 Å². The van der Waals surface area contributed by atoms with Crippen molar-refractivity contribution in [2.75, 3.05) is 6.61 Å². The Morgan fingerprint density at radius 1 is 1.21 bits per heavy atom. The second-order valence-corrected chi connectivity index (χ2v) is 6.30. The molecule has 0 unspecified atom stereocenters. The SMILES string of the molecule is Cc1cc2oc(=O)cc(COC(=O)COc3ccc([N+](=O)[O-])cc3)c2cc1Cl. The van der Waals surface area contributed by atoms with Crippen molar-refractivity contribution in [2.45, 2.75) is 13.5 Å². The van der Waals surface area contributed by atoms with Gasteiger partial charge >= 0.3 is 11.6 Å². The lowest BCUT2D eigenvalue weighted by Crippen LogP contribution is -2.15. The summed E-state index contributed by atoms with van der Waals surface area (Å²) in [6.45, 7) is 1.23. The molecule has 0 amide bonds. The quantitative estimate of drug-likeness (QED) is 0.266. The molecular formula is C19H14ClNO7. The lowest BCUT2D eigenvalue weighted by molar-refractivity contribution is -0.384. The van der Waals surface area contributed by atoms with Crippen LogP contribution in [-0.4, -0.2) is 17.5 Å². The summed E-state index contributed by atoms with van der Waals surface area (Å²) in [5, 5.41) is 11.7. The third-order valence-corrected chi connectivity index (χ3v) is 4.31. The number of ether oxygens (including phenoxy) is 2. The third-order valence-electron chi connectivity index (χ3n) is 3.90. The molecule has 8 nitrogen and oxygen atoms in total. The summed E-state index contributed by atoms with van der Waals surface area (Å²) in [7, 11) is 0. The van der Waals surface area contributed by atoms with Gasteiger partial charge < -0.3 is 13.9 Å². The normalized spacial score (nSPS) is 10.6. The maximum absolute atomic E-state index is 11.9. The topological polar surface area (TPSA) is 109 Å². The van der Waals surface area contributed by atoms with Crippen LogP contribution in [0.1, 0.15) is 11.1 Å². The Bertz CT molecular complexity index is 1110. The van der Waals surface area contributed by atoms with Gasteiger partial charge in [0.1, 0.15) is 17.9 Å². The molecule has 0 aliphatic carbocycles. The van der Waals surface area contributed by atoms with Gasteiger partial charge in [-0.3, -0.25) is 10.1 Å². The largest absolute Gasteiger partial charge is 0.482 e. The Morgan fingerprint density at radius 3 is 2.61 bits per heavy atom. The summed E-state index contributed by atoms with van der Waals surface area (Å²) in [5.74, 6) is -0.381. The van der Waals surface area contributed by atoms with E-state index in [1.54, 1.807) is 19.1 Å². The lowest BCUT2D eigenvalue weighted by Gasteiger charge is -2.09. The minimum Gasteiger partial charge on any atom is -0.482 e. The number of rotatable bonds is 6. The molecule has 0 fully saturated rings. The molecule has 9 heteroatoms. The lowest BCUT2D eigenvalue weighted by atomic mass is 10.1. The van der Waals surface area contributed by atoms with Crippen LogP contribution in [0.2, 0.25) is 5.02 Å². The second-order valence-electron chi connectivity index (χ2n) is 5.89. The van der Waals surface area contributed by atoms with Gasteiger partial charge in [0.25, 0.3) is 5.69 Å². The van der Waals surface area contributed by atoms with Gasteiger partial charge in [-0.15, -0.1) is 0 Å². The van der Waals surface area contributed by atoms with Crippen molar-refractivity contribution >= 4 is 34.2 Å². The summed E-state index contributed by atoms with van der Waals surface area (Å²) in [4.78, 5) is 33.7. The van der Waals surface area contributed by atoms with Crippen molar-refractivity contribution in [1.82, 2.24) is 0 Å². The number of carbonyl (C=O) groups excluding carboxylic acids is 1. The monoisotopic (exact) mass is 403 g/mol. The molecule has 1 heterocycles. The van der Waals surface area contributed by atoms with Crippen LogP contribution >= 0.6 is 11.6 Å². The summed E-state index contributed by atoms with van der Waals surface area (Å²) in [6, 6.07) is 9.81. The van der Waals surface area contributed by atoms with E-state index in [0.717, 1.165) is 5.56 Å². The first kappa shape index (κ1) is 19.4.